The zero-order chi connectivity index (χ0) is 24.5. The predicted molar refractivity (Wildman–Crippen MR) is 123 cm³/mol. The molecule has 0 unspecified atom stereocenters. The number of halogens is 1. The minimum absolute atomic E-state index is 0.0949. The molecule has 3 atom stereocenters. The molecule has 180 valence electrons. The van der Waals surface area contributed by atoms with Gasteiger partial charge in [0.2, 0.25) is 5.91 Å². The van der Waals surface area contributed by atoms with Crippen LogP contribution in [0.2, 0.25) is 0 Å². The third-order valence-electron chi connectivity index (χ3n) is 6.10. The Kier molecular flexibility index (Phi) is 6.59. The lowest BCUT2D eigenvalue weighted by Crippen LogP contribution is -2.45. The van der Waals surface area contributed by atoms with E-state index in [4.69, 9.17) is 9.47 Å². The average molecular weight is 469 g/mol. The van der Waals surface area contributed by atoms with Gasteiger partial charge in [-0.25, -0.2) is 18.9 Å². The summed E-state index contributed by atoms with van der Waals surface area (Å²) in [6, 6.07) is 15.0. The number of likely N-dealkylation sites (tertiary alicyclic amines) is 1. The van der Waals surface area contributed by atoms with Crippen LogP contribution in [-0.4, -0.2) is 59.2 Å². The maximum Gasteiger partial charge on any atom is 0.416 e. The first kappa shape index (κ1) is 23.7. The van der Waals surface area contributed by atoms with E-state index in [0.29, 0.717) is 6.42 Å². The van der Waals surface area contributed by atoms with Gasteiger partial charge in [-0.1, -0.05) is 42.5 Å². The number of benzene rings is 2. The number of rotatable bonds is 4. The second-order valence-electron chi connectivity index (χ2n) is 9.78. The lowest BCUT2D eigenvalue weighted by Gasteiger charge is -2.26. The van der Waals surface area contributed by atoms with E-state index in [1.807, 2.05) is 30.3 Å². The SMILES string of the molecule is CC(C)(C)OC(=O)N1C[C@H](C(=O)N2C(=O)OC[C@@H]2Cc2ccccc2)[C@H](c2ccc(F)cc2)C1. The minimum atomic E-state index is -0.693. The highest BCUT2D eigenvalue weighted by Gasteiger charge is 2.48. The fraction of sp³-hybridized carbons (Fsp3) is 0.423. The van der Waals surface area contributed by atoms with Crippen molar-refractivity contribution in [1.82, 2.24) is 9.80 Å². The van der Waals surface area contributed by atoms with Crippen molar-refractivity contribution < 1.29 is 28.2 Å². The molecule has 2 aromatic carbocycles. The molecular weight excluding hydrogens is 439 g/mol. The van der Waals surface area contributed by atoms with Gasteiger partial charge in [-0.15, -0.1) is 0 Å². The number of hydrogen-bond donors (Lipinski definition) is 0. The highest BCUT2D eigenvalue weighted by Crippen LogP contribution is 2.36. The standard InChI is InChI=1S/C26H29FN2O5/c1-26(2,3)34-24(31)28-14-21(18-9-11-19(27)12-10-18)22(15-28)23(30)29-20(16-33-25(29)32)13-17-7-5-4-6-8-17/h4-12,20-22H,13-16H2,1-3H3/t20-,21-,22-/m0/s1. The Morgan fingerprint density at radius 3 is 2.38 bits per heavy atom. The van der Waals surface area contributed by atoms with Crippen LogP contribution in [0, 0.1) is 11.7 Å². The molecule has 0 aromatic heterocycles. The molecule has 0 radical (unpaired) electrons. The average Bonchev–Trinajstić information content (AvgIpc) is 3.38. The smallest absolute Gasteiger partial charge is 0.416 e. The fourth-order valence-electron chi connectivity index (χ4n) is 4.52. The Morgan fingerprint density at radius 2 is 1.74 bits per heavy atom. The molecule has 2 aromatic rings. The molecule has 0 N–H and O–H groups in total. The second-order valence-corrected chi connectivity index (χ2v) is 9.78. The Hall–Kier alpha value is -3.42. The zero-order valence-electron chi connectivity index (χ0n) is 19.6. The predicted octanol–water partition coefficient (Wildman–Crippen LogP) is 4.37. The molecule has 7 nitrogen and oxygen atoms in total. The van der Waals surface area contributed by atoms with Gasteiger partial charge in [-0.3, -0.25) is 4.79 Å². The van der Waals surface area contributed by atoms with E-state index in [1.54, 1.807) is 32.9 Å². The summed E-state index contributed by atoms with van der Waals surface area (Å²) in [6.07, 6.45) is -0.735. The van der Waals surface area contributed by atoms with Crippen LogP contribution in [0.5, 0.6) is 0 Å². The van der Waals surface area contributed by atoms with Gasteiger partial charge < -0.3 is 14.4 Å². The third-order valence-corrected chi connectivity index (χ3v) is 6.10. The first-order valence-corrected chi connectivity index (χ1v) is 11.4. The van der Waals surface area contributed by atoms with Crippen molar-refractivity contribution in [3.8, 4) is 0 Å². The van der Waals surface area contributed by atoms with E-state index >= 15 is 0 Å². The van der Waals surface area contributed by atoms with E-state index in [9.17, 15) is 18.8 Å². The zero-order valence-corrected chi connectivity index (χ0v) is 19.6. The van der Waals surface area contributed by atoms with E-state index in [1.165, 1.54) is 21.9 Å². The Balaban J connectivity index is 1.60. The van der Waals surface area contributed by atoms with Crippen LogP contribution in [0.4, 0.5) is 14.0 Å². The monoisotopic (exact) mass is 468 g/mol. The molecule has 34 heavy (non-hydrogen) atoms. The molecule has 0 saturated carbocycles. The van der Waals surface area contributed by atoms with Gasteiger partial charge >= 0.3 is 12.2 Å². The molecule has 2 aliphatic heterocycles. The summed E-state index contributed by atoms with van der Waals surface area (Å²) in [5.41, 5.74) is 1.02. The summed E-state index contributed by atoms with van der Waals surface area (Å²) in [7, 11) is 0. The third kappa shape index (κ3) is 5.21. The number of hydrogen-bond acceptors (Lipinski definition) is 5. The number of carbonyl (C=O) groups excluding carboxylic acids is 3. The molecular formula is C26H29FN2O5. The molecule has 2 aliphatic rings. The molecule has 2 saturated heterocycles. The lowest BCUT2D eigenvalue weighted by atomic mass is 9.87. The maximum atomic E-state index is 13.7. The van der Waals surface area contributed by atoms with Crippen LogP contribution in [0.3, 0.4) is 0 Å². The van der Waals surface area contributed by atoms with Crippen molar-refractivity contribution in [2.45, 2.75) is 44.8 Å². The topological polar surface area (TPSA) is 76.2 Å². The van der Waals surface area contributed by atoms with Crippen LogP contribution in [0.25, 0.3) is 0 Å². The van der Waals surface area contributed by atoms with Gasteiger partial charge in [0.1, 0.15) is 18.0 Å². The normalized spacial score (nSPS) is 22.6. The van der Waals surface area contributed by atoms with E-state index < -0.39 is 41.6 Å². The van der Waals surface area contributed by atoms with Gasteiger partial charge in [0.05, 0.1) is 12.0 Å². The van der Waals surface area contributed by atoms with Crippen LogP contribution < -0.4 is 0 Å². The Labute approximate surface area is 198 Å². The maximum absolute atomic E-state index is 13.7. The Morgan fingerprint density at radius 1 is 1.06 bits per heavy atom. The van der Waals surface area contributed by atoms with Gasteiger partial charge in [0.25, 0.3) is 0 Å². The Bertz CT molecular complexity index is 1050. The lowest BCUT2D eigenvalue weighted by molar-refractivity contribution is -0.133. The van der Waals surface area contributed by atoms with E-state index in [0.717, 1.165) is 11.1 Å². The molecule has 2 fully saturated rings. The first-order valence-electron chi connectivity index (χ1n) is 11.4. The molecule has 8 heteroatoms. The number of ether oxygens (including phenoxy) is 2. The van der Waals surface area contributed by atoms with Crippen molar-refractivity contribution in [3.05, 3.63) is 71.5 Å². The van der Waals surface area contributed by atoms with Crippen LogP contribution in [0.1, 0.15) is 37.8 Å². The van der Waals surface area contributed by atoms with Crippen LogP contribution in [0.15, 0.2) is 54.6 Å². The highest BCUT2D eigenvalue weighted by molar-refractivity contribution is 5.96. The van der Waals surface area contributed by atoms with Crippen molar-refractivity contribution in [3.63, 3.8) is 0 Å². The molecule has 0 aliphatic carbocycles. The largest absolute Gasteiger partial charge is 0.447 e. The summed E-state index contributed by atoms with van der Waals surface area (Å²) in [5, 5.41) is 0. The summed E-state index contributed by atoms with van der Waals surface area (Å²) in [6.45, 7) is 5.75. The van der Waals surface area contributed by atoms with Gasteiger partial charge in [0.15, 0.2) is 0 Å². The summed E-state index contributed by atoms with van der Waals surface area (Å²) in [5.74, 6) is -1.89. The number of imide groups is 1. The quantitative estimate of drug-likeness (QED) is 0.666. The number of amides is 3. The van der Waals surface area contributed by atoms with E-state index in [2.05, 4.69) is 0 Å². The number of cyclic esters (lactones) is 1. The summed E-state index contributed by atoms with van der Waals surface area (Å²) >= 11 is 0. The molecule has 0 bridgehead atoms. The highest BCUT2D eigenvalue weighted by atomic mass is 19.1. The van der Waals surface area contributed by atoms with Gasteiger partial charge in [-0.2, -0.15) is 0 Å². The van der Waals surface area contributed by atoms with Crippen molar-refractivity contribution in [2.75, 3.05) is 19.7 Å². The molecule has 2 heterocycles. The second kappa shape index (κ2) is 9.44. The minimum Gasteiger partial charge on any atom is -0.447 e. The van der Waals surface area contributed by atoms with Crippen molar-refractivity contribution in [2.24, 2.45) is 5.92 Å². The molecule has 0 spiro atoms. The summed E-state index contributed by atoms with van der Waals surface area (Å²) < 4.78 is 24.3. The van der Waals surface area contributed by atoms with Crippen LogP contribution in [-0.2, 0) is 20.7 Å². The molecule has 4 rings (SSSR count). The number of nitrogens with zero attached hydrogens (tertiary/aromatic N) is 2. The van der Waals surface area contributed by atoms with Crippen molar-refractivity contribution >= 4 is 18.1 Å². The van der Waals surface area contributed by atoms with Gasteiger partial charge in [-0.05, 0) is 50.5 Å². The van der Waals surface area contributed by atoms with Crippen molar-refractivity contribution in [1.29, 1.82) is 0 Å². The first-order chi connectivity index (χ1) is 16.1. The molecule has 3 amide bonds. The van der Waals surface area contributed by atoms with Crippen LogP contribution >= 0.6 is 0 Å². The summed E-state index contributed by atoms with van der Waals surface area (Å²) in [4.78, 5) is 41.8. The van der Waals surface area contributed by atoms with E-state index in [-0.39, 0.29) is 25.5 Å². The fourth-order valence-corrected chi connectivity index (χ4v) is 4.52. The number of carbonyl (C=O) groups is 3. The van der Waals surface area contributed by atoms with Gasteiger partial charge in [0, 0.05) is 19.0 Å².